The van der Waals surface area contributed by atoms with E-state index in [4.69, 9.17) is 8.85 Å². The Bertz CT molecular complexity index is 444. The molecule has 0 spiro atoms. The first-order valence-electron chi connectivity index (χ1n) is 4.85. The van der Waals surface area contributed by atoms with Crippen molar-refractivity contribution >= 4 is 16.3 Å². The van der Waals surface area contributed by atoms with Crippen LogP contribution in [-0.4, -0.2) is 21.7 Å². The summed E-state index contributed by atoms with van der Waals surface area (Å²) in [4.78, 5) is 4.56. The third-order valence-corrected chi connectivity index (χ3v) is 2.25. The minimum absolute atomic E-state index is 0.0743. The first kappa shape index (κ1) is 4.94. The highest BCUT2D eigenvalue weighted by Crippen LogP contribution is 2.14. The van der Waals surface area contributed by atoms with Crippen molar-refractivity contribution in [1.29, 1.82) is 0 Å². The SMILES string of the molecule is [2H]C([2H])([2H])c1cn2nc(COC)sc2n1. The maximum atomic E-state index is 7.19. The van der Waals surface area contributed by atoms with Crippen molar-refractivity contribution in [3.05, 3.63) is 16.9 Å². The predicted octanol–water partition coefficient (Wildman–Crippen LogP) is 1.25. The molecule has 0 bridgehead atoms. The summed E-state index contributed by atoms with van der Waals surface area (Å²) in [5.41, 5.74) is 0.0743. The molecule has 0 fully saturated rings. The van der Waals surface area contributed by atoms with Gasteiger partial charge >= 0.3 is 0 Å². The lowest BCUT2D eigenvalue weighted by atomic mass is 10.6. The molecule has 0 radical (unpaired) electrons. The Hall–Kier alpha value is -0.940. The zero-order valence-electron chi connectivity index (χ0n) is 9.44. The average Bonchev–Trinajstić information content (AvgIpc) is 2.59. The smallest absolute Gasteiger partial charge is 0.212 e. The number of aromatic nitrogens is 3. The van der Waals surface area contributed by atoms with Crippen molar-refractivity contribution in [1.82, 2.24) is 14.6 Å². The lowest BCUT2D eigenvalue weighted by molar-refractivity contribution is 0.183. The van der Waals surface area contributed by atoms with Crippen molar-refractivity contribution in [2.75, 3.05) is 7.11 Å². The van der Waals surface area contributed by atoms with Crippen LogP contribution in [0, 0.1) is 6.85 Å². The highest BCUT2D eigenvalue weighted by atomic mass is 32.1. The molecule has 0 aliphatic carbocycles. The number of rotatable bonds is 2. The Morgan fingerprint density at radius 1 is 1.83 bits per heavy atom. The van der Waals surface area contributed by atoms with E-state index in [9.17, 15) is 0 Å². The number of imidazole rings is 1. The van der Waals surface area contributed by atoms with E-state index in [0.717, 1.165) is 5.01 Å². The van der Waals surface area contributed by atoms with Crippen molar-refractivity contribution in [2.45, 2.75) is 13.5 Å². The molecule has 5 heteroatoms. The second-order valence-electron chi connectivity index (χ2n) is 2.28. The summed E-state index contributed by atoms with van der Waals surface area (Å²) >= 11 is 1.32. The van der Waals surface area contributed by atoms with E-state index in [-0.39, 0.29) is 5.69 Å². The van der Waals surface area contributed by atoms with Crippen LogP contribution < -0.4 is 0 Å². The fraction of sp³-hybridized carbons (Fsp3) is 0.429. The van der Waals surface area contributed by atoms with Gasteiger partial charge in [0.25, 0.3) is 0 Å². The van der Waals surface area contributed by atoms with Crippen LogP contribution in [0.25, 0.3) is 4.96 Å². The zero-order chi connectivity index (χ0) is 11.1. The molecule has 0 unspecified atom stereocenters. The molecule has 0 N–H and O–H groups in total. The molecule has 4 nitrogen and oxygen atoms in total. The van der Waals surface area contributed by atoms with Gasteiger partial charge in [-0.2, -0.15) is 5.10 Å². The zero-order valence-corrected chi connectivity index (χ0v) is 7.26. The molecule has 0 amide bonds. The standard InChI is InChI=1S/C7H9N3OS/c1-5-3-10-7(8-5)12-6(9-10)4-11-2/h3H,4H2,1-2H3/i1D3. The number of methoxy groups -OCH3 is 1. The number of aryl methyl sites for hydroxylation is 1. The Balaban J connectivity index is 2.38. The molecule has 0 saturated heterocycles. The average molecular weight is 186 g/mol. The predicted molar refractivity (Wildman–Crippen MR) is 46.3 cm³/mol. The summed E-state index contributed by atoms with van der Waals surface area (Å²) < 4.78 is 28.0. The third-order valence-electron chi connectivity index (χ3n) is 1.35. The van der Waals surface area contributed by atoms with E-state index in [0.29, 0.717) is 11.6 Å². The summed E-state index contributed by atoms with van der Waals surface area (Å²) in [5.74, 6) is 0. The van der Waals surface area contributed by atoms with Gasteiger partial charge in [0.05, 0.1) is 18.5 Å². The molecule has 0 aliphatic heterocycles. The van der Waals surface area contributed by atoms with E-state index < -0.39 is 6.85 Å². The van der Waals surface area contributed by atoms with Crippen molar-refractivity contribution in [2.24, 2.45) is 0 Å². The van der Waals surface area contributed by atoms with Gasteiger partial charge in [-0.3, -0.25) is 0 Å². The molecule has 12 heavy (non-hydrogen) atoms. The molecular weight excluding hydrogens is 174 g/mol. The number of fused-ring (bicyclic) bond motifs is 1. The normalized spacial score (nSPS) is 15.9. The molecule has 2 rings (SSSR count). The first-order chi connectivity index (χ1) is 7.00. The molecule has 0 atom stereocenters. The summed E-state index contributed by atoms with van der Waals surface area (Å²) in [5, 5.41) is 4.91. The summed E-state index contributed by atoms with van der Waals surface area (Å²) in [6, 6.07) is 0. The molecule has 64 valence electrons. The monoisotopic (exact) mass is 186 g/mol. The largest absolute Gasteiger partial charge is 0.377 e. The Kier molecular flexibility index (Phi) is 1.17. The van der Waals surface area contributed by atoms with Gasteiger partial charge in [0.2, 0.25) is 4.96 Å². The van der Waals surface area contributed by atoms with Crippen molar-refractivity contribution < 1.29 is 8.85 Å². The highest BCUT2D eigenvalue weighted by Gasteiger charge is 2.04. The molecular formula is C7H9N3OS. The van der Waals surface area contributed by atoms with Gasteiger partial charge < -0.3 is 4.74 Å². The second-order valence-corrected chi connectivity index (χ2v) is 3.32. The van der Waals surface area contributed by atoms with E-state index >= 15 is 0 Å². The Morgan fingerprint density at radius 3 is 3.42 bits per heavy atom. The Labute approximate surface area is 78.0 Å². The van der Waals surface area contributed by atoms with E-state index in [2.05, 4.69) is 10.1 Å². The molecule has 0 aromatic carbocycles. The number of hydrogen-bond acceptors (Lipinski definition) is 4. The van der Waals surface area contributed by atoms with Gasteiger partial charge in [-0.05, 0) is 6.85 Å². The molecule has 0 aliphatic rings. The molecule has 2 aromatic rings. The number of ether oxygens (including phenoxy) is 1. The number of nitrogens with zero attached hydrogens (tertiary/aromatic N) is 3. The van der Waals surface area contributed by atoms with Crippen LogP contribution >= 0.6 is 11.3 Å². The van der Waals surface area contributed by atoms with E-state index in [1.54, 1.807) is 7.11 Å². The Morgan fingerprint density at radius 2 is 2.75 bits per heavy atom. The molecule has 0 saturated carbocycles. The fourth-order valence-electron chi connectivity index (χ4n) is 0.923. The van der Waals surface area contributed by atoms with Gasteiger partial charge in [-0.1, -0.05) is 11.3 Å². The highest BCUT2D eigenvalue weighted by molar-refractivity contribution is 7.16. The summed E-state index contributed by atoms with van der Waals surface area (Å²) in [6.45, 7) is -1.76. The first-order valence-corrected chi connectivity index (χ1v) is 4.17. The van der Waals surface area contributed by atoms with Gasteiger partial charge in [0.15, 0.2) is 0 Å². The number of hydrogen-bond donors (Lipinski definition) is 0. The van der Waals surface area contributed by atoms with Gasteiger partial charge in [0.1, 0.15) is 5.01 Å². The molecule has 2 heterocycles. The second kappa shape index (κ2) is 2.84. The maximum absolute atomic E-state index is 7.19. The van der Waals surface area contributed by atoms with Gasteiger partial charge in [0, 0.05) is 11.2 Å². The van der Waals surface area contributed by atoms with Crippen LogP contribution in [0.2, 0.25) is 0 Å². The van der Waals surface area contributed by atoms with Crippen LogP contribution in [0.4, 0.5) is 0 Å². The van der Waals surface area contributed by atoms with Crippen molar-refractivity contribution in [3.8, 4) is 0 Å². The van der Waals surface area contributed by atoms with Crippen LogP contribution in [0.15, 0.2) is 6.20 Å². The summed E-state index contributed by atoms with van der Waals surface area (Å²) in [7, 11) is 1.58. The van der Waals surface area contributed by atoms with E-state index in [1.807, 2.05) is 0 Å². The van der Waals surface area contributed by atoms with Crippen LogP contribution in [-0.2, 0) is 11.3 Å². The van der Waals surface area contributed by atoms with Crippen LogP contribution in [0.5, 0.6) is 0 Å². The lowest BCUT2D eigenvalue weighted by Crippen LogP contribution is -1.88. The van der Waals surface area contributed by atoms with E-state index in [1.165, 1.54) is 22.0 Å². The van der Waals surface area contributed by atoms with Crippen LogP contribution in [0.3, 0.4) is 0 Å². The summed E-state index contributed by atoms with van der Waals surface area (Å²) in [6.07, 6.45) is 1.43. The fourth-order valence-corrected chi connectivity index (χ4v) is 1.77. The topological polar surface area (TPSA) is 39.4 Å². The van der Waals surface area contributed by atoms with Gasteiger partial charge in [-0.25, -0.2) is 9.50 Å². The lowest BCUT2D eigenvalue weighted by Gasteiger charge is -1.87. The quantitative estimate of drug-likeness (QED) is 0.708. The van der Waals surface area contributed by atoms with Crippen LogP contribution in [0.1, 0.15) is 14.8 Å². The minimum Gasteiger partial charge on any atom is -0.377 e. The molecule has 2 aromatic heterocycles. The minimum atomic E-state index is -2.17. The maximum Gasteiger partial charge on any atom is 0.212 e. The van der Waals surface area contributed by atoms with Crippen molar-refractivity contribution in [3.63, 3.8) is 0 Å². The third kappa shape index (κ3) is 1.21. The van der Waals surface area contributed by atoms with Gasteiger partial charge in [-0.15, -0.1) is 0 Å².